The third kappa shape index (κ3) is 3.51. The first-order valence-corrected chi connectivity index (χ1v) is 7.52. The molecule has 0 aliphatic carbocycles. The summed E-state index contributed by atoms with van der Waals surface area (Å²) < 4.78 is 19.3. The van der Waals surface area contributed by atoms with E-state index in [0.29, 0.717) is 11.0 Å². The second kappa shape index (κ2) is 5.72. The molecule has 1 aromatic carbocycles. The maximum Gasteiger partial charge on any atom is 0.410 e. The van der Waals surface area contributed by atoms with Gasteiger partial charge in [0.05, 0.1) is 6.04 Å². The first kappa shape index (κ1) is 15.3. The second-order valence-electron chi connectivity index (χ2n) is 6.00. The smallest absolute Gasteiger partial charge is 0.410 e. The van der Waals surface area contributed by atoms with Crippen LogP contribution in [0.5, 0.6) is 0 Å². The molecular formula is C15H19BrFNO2. The Morgan fingerprint density at radius 2 is 2.15 bits per heavy atom. The number of benzene rings is 1. The molecule has 1 atom stereocenters. The van der Waals surface area contributed by atoms with Gasteiger partial charge in [0.15, 0.2) is 0 Å². The van der Waals surface area contributed by atoms with E-state index >= 15 is 0 Å². The molecule has 1 saturated heterocycles. The van der Waals surface area contributed by atoms with Gasteiger partial charge in [0.1, 0.15) is 11.4 Å². The minimum absolute atomic E-state index is 0.0557. The van der Waals surface area contributed by atoms with Crippen molar-refractivity contribution < 1.29 is 13.9 Å². The number of halogens is 2. The van der Waals surface area contributed by atoms with E-state index in [-0.39, 0.29) is 18.0 Å². The largest absolute Gasteiger partial charge is 0.444 e. The van der Waals surface area contributed by atoms with Gasteiger partial charge in [-0.1, -0.05) is 22.0 Å². The zero-order valence-electron chi connectivity index (χ0n) is 12.0. The van der Waals surface area contributed by atoms with E-state index in [0.717, 1.165) is 18.4 Å². The summed E-state index contributed by atoms with van der Waals surface area (Å²) >= 11 is 3.38. The Bertz CT molecular complexity index is 513. The third-order valence-corrected chi connectivity index (χ3v) is 3.89. The molecule has 0 N–H and O–H groups in total. The first-order valence-electron chi connectivity index (χ1n) is 6.72. The lowest BCUT2D eigenvalue weighted by molar-refractivity contribution is 0.0224. The standard InChI is InChI=1S/C15H19BrFNO2/c1-15(2,3)20-14(19)18-8-4-5-13(18)11-7-6-10(17)9-12(11)16/h6-7,9,13H,4-5,8H2,1-3H3/t13-/m0/s1. The highest BCUT2D eigenvalue weighted by atomic mass is 79.9. The fraction of sp³-hybridized carbons (Fsp3) is 0.533. The molecule has 20 heavy (non-hydrogen) atoms. The molecule has 1 aliphatic rings. The highest BCUT2D eigenvalue weighted by Crippen LogP contribution is 2.37. The number of rotatable bonds is 1. The summed E-state index contributed by atoms with van der Waals surface area (Å²) in [5.41, 5.74) is 0.416. The average Bonchev–Trinajstić information content (AvgIpc) is 2.75. The van der Waals surface area contributed by atoms with Crippen LogP contribution < -0.4 is 0 Å². The summed E-state index contributed by atoms with van der Waals surface area (Å²) in [6, 6.07) is 4.53. The molecular weight excluding hydrogens is 325 g/mol. The zero-order valence-corrected chi connectivity index (χ0v) is 13.5. The van der Waals surface area contributed by atoms with Crippen molar-refractivity contribution in [2.24, 2.45) is 0 Å². The molecule has 1 amide bonds. The number of likely N-dealkylation sites (tertiary alicyclic amines) is 1. The van der Waals surface area contributed by atoms with Crippen LogP contribution in [0.15, 0.2) is 22.7 Å². The molecule has 3 nitrogen and oxygen atoms in total. The molecule has 110 valence electrons. The van der Waals surface area contributed by atoms with Crippen molar-refractivity contribution in [3.8, 4) is 0 Å². The predicted octanol–water partition coefficient (Wildman–Crippen LogP) is 4.66. The van der Waals surface area contributed by atoms with Gasteiger partial charge in [-0.25, -0.2) is 9.18 Å². The lowest BCUT2D eigenvalue weighted by Crippen LogP contribution is -2.36. The van der Waals surface area contributed by atoms with Gasteiger partial charge in [-0.05, 0) is 51.3 Å². The minimum Gasteiger partial charge on any atom is -0.444 e. The van der Waals surface area contributed by atoms with Crippen molar-refractivity contribution >= 4 is 22.0 Å². The normalized spacial score (nSPS) is 19.2. The van der Waals surface area contributed by atoms with Crippen LogP contribution in [0.25, 0.3) is 0 Å². The van der Waals surface area contributed by atoms with Crippen LogP contribution in [0.1, 0.15) is 45.2 Å². The fourth-order valence-electron chi connectivity index (χ4n) is 2.40. The maximum absolute atomic E-state index is 13.2. The van der Waals surface area contributed by atoms with E-state index in [1.54, 1.807) is 11.0 Å². The van der Waals surface area contributed by atoms with E-state index in [1.807, 2.05) is 20.8 Å². The van der Waals surface area contributed by atoms with Gasteiger partial charge < -0.3 is 9.64 Å². The maximum atomic E-state index is 13.2. The molecule has 5 heteroatoms. The summed E-state index contributed by atoms with van der Waals surface area (Å²) in [6.45, 7) is 6.22. The SMILES string of the molecule is CC(C)(C)OC(=O)N1CCC[C@H]1c1ccc(F)cc1Br. The van der Waals surface area contributed by atoms with Crippen molar-refractivity contribution in [3.63, 3.8) is 0 Å². The molecule has 0 radical (unpaired) electrons. The molecule has 0 spiro atoms. The highest BCUT2D eigenvalue weighted by molar-refractivity contribution is 9.10. The lowest BCUT2D eigenvalue weighted by atomic mass is 10.0. The Balaban J connectivity index is 2.21. The number of carbonyl (C=O) groups excluding carboxylic acids is 1. The van der Waals surface area contributed by atoms with Crippen LogP contribution >= 0.6 is 15.9 Å². The zero-order chi connectivity index (χ0) is 14.9. The van der Waals surface area contributed by atoms with Gasteiger partial charge in [-0.3, -0.25) is 0 Å². The molecule has 1 aromatic rings. The Morgan fingerprint density at radius 3 is 2.75 bits per heavy atom. The van der Waals surface area contributed by atoms with Crippen molar-refractivity contribution in [2.75, 3.05) is 6.54 Å². The third-order valence-electron chi connectivity index (χ3n) is 3.20. The second-order valence-corrected chi connectivity index (χ2v) is 6.85. The van der Waals surface area contributed by atoms with Gasteiger partial charge in [0, 0.05) is 11.0 Å². The van der Waals surface area contributed by atoms with Gasteiger partial charge in [0.25, 0.3) is 0 Å². The molecule has 0 saturated carbocycles. The molecule has 1 fully saturated rings. The molecule has 1 heterocycles. The van der Waals surface area contributed by atoms with Crippen LogP contribution in [0.4, 0.5) is 9.18 Å². The topological polar surface area (TPSA) is 29.5 Å². The summed E-state index contributed by atoms with van der Waals surface area (Å²) in [6.07, 6.45) is 1.48. The van der Waals surface area contributed by atoms with Crippen molar-refractivity contribution in [2.45, 2.75) is 45.3 Å². The Hall–Kier alpha value is -1.10. The van der Waals surface area contributed by atoms with E-state index in [2.05, 4.69) is 15.9 Å². The number of hydrogen-bond donors (Lipinski definition) is 0. The molecule has 2 rings (SSSR count). The van der Waals surface area contributed by atoms with E-state index < -0.39 is 5.60 Å². The van der Waals surface area contributed by atoms with Crippen LogP contribution in [0.2, 0.25) is 0 Å². The lowest BCUT2D eigenvalue weighted by Gasteiger charge is -2.29. The van der Waals surface area contributed by atoms with Crippen molar-refractivity contribution in [1.29, 1.82) is 0 Å². The van der Waals surface area contributed by atoms with E-state index in [1.165, 1.54) is 12.1 Å². The van der Waals surface area contributed by atoms with E-state index in [4.69, 9.17) is 4.74 Å². The summed E-state index contributed by atoms with van der Waals surface area (Å²) in [4.78, 5) is 14.0. The van der Waals surface area contributed by atoms with Crippen LogP contribution in [0.3, 0.4) is 0 Å². The van der Waals surface area contributed by atoms with Crippen molar-refractivity contribution in [3.05, 3.63) is 34.1 Å². The van der Waals surface area contributed by atoms with Crippen molar-refractivity contribution in [1.82, 2.24) is 4.90 Å². The Kier molecular flexibility index (Phi) is 4.37. The monoisotopic (exact) mass is 343 g/mol. The van der Waals surface area contributed by atoms with Gasteiger partial charge in [-0.2, -0.15) is 0 Å². The number of amides is 1. The van der Waals surface area contributed by atoms with Crippen LogP contribution in [0, 0.1) is 5.82 Å². The fourth-order valence-corrected chi connectivity index (χ4v) is 3.02. The molecule has 1 aliphatic heterocycles. The first-order chi connectivity index (χ1) is 9.28. The Morgan fingerprint density at radius 1 is 1.45 bits per heavy atom. The predicted molar refractivity (Wildman–Crippen MR) is 79.0 cm³/mol. The number of nitrogens with zero attached hydrogens (tertiary/aromatic N) is 1. The highest BCUT2D eigenvalue weighted by Gasteiger charge is 2.34. The summed E-state index contributed by atoms with van der Waals surface area (Å²) in [7, 11) is 0. The minimum atomic E-state index is -0.510. The molecule has 0 unspecified atom stereocenters. The molecule has 0 aromatic heterocycles. The van der Waals surface area contributed by atoms with E-state index in [9.17, 15) is 9.18 Å². The average molecular weight is 344 g/mol. The van der Waals surface area contributed by atoms with Gasteiger partial charge in [-0.15, -0.1) is 0 Å². The number of carbonyl (C=O) groups is 1. The number of ether oxygens (including phenoxy) is 1. The number of hydrogen-bond acceptors (Lipinski definition) is 2. The van der Waals surface area contributed by atoms with Gasteiger partial charge >= 0.3 is 6.09 Å². The van der Waals surface area contributed by atoms with Crippen LogP contribution in [-0.4, -0.2) is 23.1 Å². The summed E-state index contributed by atoms with van der Waals surface area (Å²) in [5.74, 6) is -0.289. The van der Waals surface area contributed by atoms with Gasteiger partial charge in [0.2, 0.25) is 0 Å². The van der Waals surface area contributed by atoms with Crippen LogP contribution in [-0.2, 0) is 4.74 Å². The quantitative estimate of drug-likeness (QED) is 0.742. The Labute approximate surface area is 127 Å². The molecule has 0 bridgehead atoms. The summed E-state index contributed by atoms with van der Waals surface area (Å²) in [5, 5.41) is 0.